The van der Waals surface area contributed by atoms with E-state index < -0.39 is 6.10 Å². The Morgan fingerprint density at radius 1 is 1.63 bits per heavy atom. The predicted octanol–water partition coefficient (Wildman–Crippen LogP) is -0.173. The standard InChI is InChI=1S/C12H18N4O3/c1-3-18-11-6-10(14-8-15-11)16-4-5-19-9(7-16)12(17)13-2/h6,8-9H,3-5,7H2,1-2H3,(H,13,17). The topological polar surface area (TPSA) is 76.6 Å². The summed E-state index contributed by atoms with van der Waals surface area (Å²) in [5.41, 5.74) is 0. The molecule has 104 valence electrons. The minimum Gasteiger partial charge on any atom is -0.478 e. The fraction of sp³-hybridized carbons (Fsp3) is 0.583. The van der Waals surface area contributed by atoms with Crippen molar-refractivity contribution in [2.75, 3.05) is 38.3 Å². The van der Waals surface area contributed by atoms with E-state index in [2.05, 4.69) is 15.3 Å². The van der Waals surface area contributed by atoms with Crippen LogP contribution in [0.2, 0.25) is 0 Å². The average Bonchev–Trinajstić information content (AvgIpc) is 2.47. The van der Waals surface area contributed by atoms with Crippen LogP contribution in [0, 0.1) is 0 Å². The van der Waals surface area contributed by atoms with Crippen molar-refractivity contribution in [3.63, 3.8) is 0 Å². The molecule has 0 bridgehead atoms. The van der Waals surface area contributed by atoms with Gasteiger partial charge in [0.05, 0.1) is 19.8 Å². The predicted molar refractivity (Wildman–Crippen MR) is 69.2 cm³/mol. The second-order valence-corrected chi connectivity index (χ2v) is 4.07. The molecule has 1 aromatic heterocycles. The summed E-state index contributed by atoms with van der Waals surface area (Å²) in [6.07, 6.45) is 0.995. The van der Waals surface area contributed by atoms with E-state index in [9.17, 15) is 4.79 Å². The van der Waals surface area contributed by atoms with E-state index >= 15 is 0 Å². The maximum Gasteiger partial charge on any atom is 0.250 e. The number of rotatable bonds is 4. The minimum absolute atomic E-state index is 0.121. The van der Waals surface area contributed by atoms with Gasteiger partial charge in [-0.3, -0.25) is 4.79 Å². The summed E-state index contributed by atoms with van der Waals surface area (Å²) in [5, 5.41) is 2.59. The van der Waals surface area contributed by atoms with Crippen molar-refractivity contribution in [3.05, 3.63) is 12.4 Å². The Labute approximate surface area is 111 Å². The molecule has 1 N–H and O–H groups in total. The molecule has 1 aromatic rings. The molecule has 0 radical (unpaired) electrons. The van der Waals surface area contributed by atoms with Crippen LogP contribution in [0.4, 0.5) is 5.82 Å². The van der Waals surface area contributed by atoms with Gasteiger partial charge in [-0.15, -0.1) is 0 Å². The molecule has 0 aliphatic carbocycles. The van der Waals surface area contributed by atoms with Gasteiger partial charge in [0.1, 0.15) is 12.1 Å². The molecule has 0 aromatic carbocycles. The zero-order valence-electron chi connectivity index (χ0n) is 11.1. The van der Waals surface area contributed by atoms with Crippen LogP contribution in [0.25, 0.3) is 0 Å². The molecule has 2 heterocycles. The fourth-order valence-electron chi connectivity index (χ4n) is 1.91. The van der Waals surface area contributed by atoms with Gasteiger partial charge >= 0.3 is 0 Å². The molecule has 7 nitrogen and oxygen atoms in total. The first-order chi connectivity index (χ1) is 9.24. The van der Waals surface area contributed by atoms with Crippen LogP contribution in [0.3, 0.4) is 0 Å². The summed E-state index contributed by atoms with van der Waals surface area (Å²) in [6.45, 7) is 4.11. The van der Waals surface area contributed by atoms with Gasteiger partial charge in [0.2, 0.25) is 5.88 Å². The molecule has 1 fully saturated rings. The first-order valence-electron chi connectivity index (χ1n) is 6.27. The second kappa shape index (κ2) is 6.33. The molecule has 1 unspecified atom stereocenters. The molecule has 0 saturated carbocycles. The van der Waals surface area contributed by atoms with E-state index in [0.29, 0.717) is 32.2 Å². The lowest BCUT2D eigenvalue weighted by Crippen LogP contribution is -2.49. The van der Waals surface area contributed by atoms with Crippen LogP contribution in [-0.2, 0) is 9.53 Å². The maximum absolute atomic E-state index is 11.6. The van der Waals surface area contributed by atoms with E-state index in [1.165, 1.54) is 6.33 Å². The van der Waals surface area contributed by atoms with Gasteiger partial charge in [-0.2, -0.15) is 0 Å². The maximum atomic E-state index is 11.6. The number of hydrogen-bond acceptors (Lipinski definition) is 6. The molecule has 7 heteroatoms. The van der Waals surface area contributed by atoms with Gasteiger partial charge in [0.15, 0.2) is 6.10 Å². The number of aromatic nitrogens is 2. The number of anilines is 1. The summed E-state index contributed by atoms with van der Waals surface area (Å²) < 4.78 is 10.8. The Bertz CT molecular complexity index is 441. The third-order valence-electron chi connectivity index (χ3n) is 2.85. The fourth-order valence-corrected chi connectivity index (χ4v) is 1.91. The van der Waals surface area contributed by atoms with E-state index in [-0.39, 0.29) is 5.91 Å². The van der Waals surface area contributed by atoms with Gasteiger partial charge in [-0.1, -0.05) is 0 Å². The Kier molecular flexibility index (Phi) is 4.51. The lowest BCUT2D eigenvalue weighted by Gasteiger charge is -2.32. The molecule has 1 aliphatic rings. The number of ether oxygens (including phenoxy) is 2. The normalized spacial score (nSPS) is 19.1. The highest BCUT2D eigenvalue weighted by atomic mass is 16.5. The Morgan fingerprint density at radius 3 is 3.21 bits per heavy atom. The molecule has 0 spiro atoms. The minimum atomic E-state index is -0.468. The third-order valence-corrected chi connectivity index (χ3v) is 2.85. The molecule has 1 amide bonds. The SMILES string of the molecule is CCOc1cc(N2CCOC(C(=O)NC)C2)ncn1. The number of carbonyl (C=O) groups excluding carboxylic acids is 1. The van der Waals surface area contributed by atoms with Crippen LogP contribution >= 0.6 is 0 Å². The van der Waals surface area contributed by atoms with E-state index in [1.54, 1.807) is 13.1 Å². The molecule has 19 heavy (non-hydrogen) atoms. The van der Waals surface area contributed by atoms with Gasteiger partial charge in [-0.25, -0.2) is 9.97 Å². The number of carbonyl (C=O) groups is 1. The summed E-state index contributed by atoms with van der Waals surface area (Å²) >= 11 is 0. The van der Waals surface area contributed by atoms with E-state index in [1.807, 2.05) is 11.8 Å². The van der Waals surface area contributed by atoms with Crippen molar-refractivity contribution in [2.45, 2.75) is 13.0 Å². The number of morpholine rings is 1. The second-order valence-electron chi connectivity index (χ2n) is 4.07. The van der Waals surface area contributed by atoms with Crippen molar-refractivity contribution in [2.24, 2.45) is 0 Å². The quantitative estimate of drug-likeness (QED) is 0.815. The summed E-state index contributed by atoms with van der Waals surface area (Å²) in [7, 11) is 1.60. The highest BCUT2D eigenvalue weighted by molar-refractivity contribution is 5.81. The average molecular weight is 266 g/mol. The van der Waals surface area contributed by atoms with Crippen molar-refractivity contribution >= 4 is 11.7 Å². The van der Waals surface area contributed by atoms with Crippen LogP contribution < -0.4 is 15.0 Å². The smallest absolute Gasteiger partial charge is 0.250 e. The van der Waals surface area contributed by atoms with Crippen molar-refractivity contribution in [1.29, 1.82) is 0 Å². The summed E-state index contributed by atoms with van der Waals surface area (Å²) in [5.74, 6) is 1.16. The van der Waals surface area contributed by atoms with Gasteiger partial charge in [-0.05, 0) is 6.92 Å². The molecule has 1 aliphatic heterocycles. The number of likely N-dealkylation sites (N-methyl/N-ethyl adjacent to an activating group) is 1. The van der Waals surface area contributed by atoms with Gasteiger partial charge < -0.3 is 19.7 Å². The van der Waals surface area contributed by atoms with Crippen molar-refractivity contribution < 1.29 is 14.3 Å². The third kappa shape index (κ3) is 3.31. The zero-order chi connectivity index (χ0) is 13.7. The highest BCUT2D eigenvalue weighted by Gasteiger charge is 2.26. The highest BCUT2D eigenvalue weighted by Crippen LogP contribution is 2.18. The molecular weight excluding hydrogens is 248 g/mol. The number of nitrogens with one attached hydrogen (secondary N) is 1. The van der Waals surface area contributed by atoms with Crippen LogP contribution in [0.5, 0.6) is 5.88 Å². The monoisotopic (exact) mass is 266 g/mol. The number of hydrogen-bond donors (Lipinski definition) is 1. The lowest BCUT2D eigenvalue weighted by molar-refractivity contribution is -0.132. The first kappa shape index (κ1) is 13.5. The summed E-state index contributed by atoms with van der Waals surface area (Å²) in [4.78, 5) is 21.8. The van der Waals surface area contributed by atoms with Crippen LogP contribution in [0.15, 0.2) is 12.4 Å². The number of nitrogens with zero attached hydrogens (tertiary/aromatic N) is 3. The van der Waals surface area contributed by atoms with E-state index in [4.69, 9.17) is 9.47 Å². The van der Waals surface area contributed by atoms with Crippen molar-refractivity contribution in [3.8, 4) is 5.88 Å². The van der Waals surface area contributed by atoms with E-state index in [0.717, 1.165) is 5.82 Å². The Morgan fingerprint density at radius 2 is 2.47 bits per heavy atom. The van der Waals surface area contributed by atoms with Crippen LogP contribution in [-0.4, -0.2) is 55.3 Å². The molecule has 1 saturated heterocycles. The van der Waals surface area contributed by atoms with Gasteiger partial charge in [0.25, 0.3) is 5.91 Å². The first-order valence-corrected chi connectivity index (χ1v) is 6.27. The van der Waals surface area contributed by atoms with Crippen molar-refractivity contribution in [1.82, 2.24) is 15.3 Å². The zero-order valence-corrected chi connectivity index (χ0v) is 11.1. The summed E-state index contributed by atoms with van der Waals surface area (Å²) in [6, 6.07) is 1.77. The van der Waals surface area contributed by atoms with Gasteiger partial charge in [0, 0.05) is 19.7 Å². The lowest BCUT2D eigenvalue weighted by atomic mass is 10.2. The Balaban J connectivity index is 2.08. The molecular formula is C12H18N4O3. The Hall–Kier alpha value is -1.89. The molecule has 1 atom stereocenters. The van der Waals surface area contributed by atoms with Crippen LogP contribution in [0.1, 0.15) is 6.92 Å². The molecule has 2 rings (SSSR count). The number of amides is 1. The largest absolute Gasteiger partial charge is 0.478 e.